The topological polar surface area (TPSA) is 12.0 Å². The van der Waals surface area contributed by atoms with Crippen LogP contribution in [0.5, 0.6) is 0 Å². The summed E-state index contributed by atoms with van der Waals surface area (Å²) in [5.74, 6) is 7.16. The van der Waals surface area contributed by atoms with E-state index in [9.17, 15) is 0 Å². The van der Waals surface area contributed by atoms with Gasteiger partial charge in [0.15, 0.2) is 0 Å². The van der Waals surface area contributed by atoms with Crippen LogP contribution in [0.2, 0.25) is 0 Å². The van der Waals surface area contributed by atoms with Gasteiger partial charge in [-0.15, -0.1) is 0 Å². The van der Waals surface area contributed by atoms with E-state index in [0.29, 0.717) is 5.92 Å². The molecule has 1 aliphatic heterocycles. The molecule has 1 saturated heterocycles. The molecule has 1 fully saturated rings. The SMILES string of the molecule is Cc1cccc(C)c1C#CC1CNC1. The maximum Gasteiger partial charge on any atom is 0.0455 e. The first-order valence-electron chi connectivity index (χ1n) is 5.06. The van der Waals surface area contributed by atoms with Crippen molar-refractivity contribution in [3.05, 3.63) is 34.9 Å². The van der Waals surface area contributed by atoms with Crippen LogP contribution < -0.4 is 5.32 Å². The Balaban J connectivity index is 2.25. The first-order chi connectivity index (χ1) is 6.77. The first kappa shape index (κ1) is 9.30. The number of hydrogen-bond acceptors (Lipinski definition) is 1. The summed E-state index contributed by atoms with van der Waals surface area (Å²) in [5.41, 5.74) is 3.77. The minimum Gasteiger partial charge on any atom is -0.314 e. The van der Waals surface area contributed by atoms with Gasteiger partial charge in [0.2, 0.25) is 0 Å². The zero-order valence-electron chi connectivity index (χ0n) is 8.72. The van der Waals surface area contributed by atoms with Crippen molar-refractivity contribution in [1.82, 2.24) is 5.32 Å². The van der Waals surface area contributed by atoms with Crippen molar-refractivity contribution in [2.45, 2.75) is 13.8 Å². The summed E-state index contributed by atoms with van der Waals surface area (Å²) >= 11 is 0. The van der Waals surface area contributed by atoms with E-state index in [0.717, 1.165) is 13.1 Å². The van der Waals surface area contributed by atoms with Gasteiger partial charge in [-0.05, 0) is 25.0 Å². The van der Waals surface area contributed by atoms with Gasteiger partial charge in [-0.1, -0.05) is 30.0 Å². The first-order valence-corrected chi connectivity index (χ1v) is 5.06. The quantitative estimate of drug-likeness (QED) is 0.608. The summed E-state index contributed by atoms with van der Waals surface area (Å²) < 4.78 is 0. The minimum atomic E-state index is 0.564. The van der Waals surface area contributed by atoms with Crippen molar-refractivity contribution in [3.63, 3.8) is 0 Å². The summed E-state index contributed by atoms with van der Waals surface area (Å²) in [6, 6.07) is 6.33. The van der Waals surface area contributed by atoms with Crippen LogP contribution in [0.3, 0.4) is 0 Å². The fourth-order valence-corrected chi connectivity index (χ4v) is 1.58. The normalized spacial score (nSPS) is 15.6. The van der Waals surface area contributed by atoms with Gasteiger partial charge >= 0.3 is 0 Å². The molecule has 0 atom stereocenters. The summed E-state index contributed by atoms with van der Waals surface area (Å²) in [6.45, 7) is 6.35. The van der Waals surface area contributed by atoms with Gasteiger partial charge in [0.25, 0.3) is 0 Å². The molecule has 1 aromatic carbocycles. The highest BCUT2D eigenvalue weighted by Gasteiger charge is 2.12. The number of benzene rings is 1. The third kappa shape index (κ3) is 1.81. The lowest BCUT2D eigenvalue weighted by atomic mass is 10.0. The third-order valence-electron chi connectivity index (χ3n) is 2.66. The average Bonchev–Trinajstić information content (AvgIpc) is 2.07. The van der Waals surface area contributed by atoms with E-state index in [1.165, 1.54) is 16.7 Å². The van der Waals surface area contributed by atoms with E-state index >= 15 is 0 Å². The lowest BCUT2D eigenvalue weighted by Gasteiger charge is -2.21. The summed E-state index contributed by atoms with van der Waals surface area (Å²) in [4.78, 5) is 0. The van der Waals surface area contributed by atoms with E-state index < -0.39 is 0 Å². The van der Waals surface area contributed by atoms with Crippen LogP contribution in [0.4, 0.5) is 0 Å². The van der Waals surface area contributed by atoms with Crippen LogP contribution in [0.25, 0.3) is 0 Å². The standard InChI is InChI=1S/C13H15N/c1-10-4-3-5-11(2)13(10)7-6-12-8-14-9-12/h3-5,12,14H,8-9H2,1-2H3. The summed E-state index contributed by atoms with van der Waals surface area (Å²) in [6.07, 6.45) is 0. The molecule has 1 aromatic rings. The lowest BCUT2D eigenvalue weighted by Crippen LogP contribution is -2.40. The molecule has 0 unspecified atom stereocenters. The Morgan fingerprint density at radius 2 is 1.86 bits per heavy atom. The highest BCUT2D eigenvalue weighted by atomic mass is 14.9. The molecule has 0 amide bonds. The molecule has 1 N–H and O–H groups in total. The summed E-state index contributed by atoms with van der Waals surface area (Å²) in [7, 11) is 0. The van der Waals surface area contributed by atoms with Gasteiger partial charge in [-0.3, -0.25) is 0 Å². The monoisotopic (exact) mass is 185 g/mol. The zero-order valence-corrected chi connectivity index (χ0v) is 8.72. The van der Waals surface area contributed by atoms with Crippen LogP contribution in [0.1, 0.15) is 16.7 Å². The van der Waals surface area contributed by atoms with Gasteiger partial charge < -0.3 is 5.32 Å². The molecular weight excluding hydrogens is 170 g/mol. The molecule has 0 saturated carbocycles. The van der Waals surface area contributed by atoms with Crippen LogP contribution >= 0.6 is 0 Å². The molecule has 2 rings (SSSR count). The van der Waals surface area contributed by atoms with Crippen LogP contribution in [0, 0.1) is 31.6 Å². The van der Waals surface area contributed by atoms with E-state index in [1.807, 2.05) is 0 Å². The minimum absolute atomic E-state index is 0.564. The van der Waals surface area contributed by atoms with E-state index in [4.69, 9.17) is 0 Å². The Morgan fingerprint density at radius 3 is 2.36 bits per heavy atom. The predicted octanol–water partition coefficient (Wildman–Crippen LogP) is 1.87. The molecule has 0 radical (unpaired) electrons. The molecule has 1 heteroatoms. The predicted molar refractivity (Wildman–Crippen MR) is 59.2 cm³/mol. The number of hydrogen-bond donors (Lipinski definition) is 1. The average molecular weight is 185 g/mol. The fourth-order valence-electron chi connectivity index (χ4n) is 1.58. The van der Waals surface area contributed by atoms with Crippen LogP contribution in [-0.4, -0.2) is 13.1 Å². The Hall–Kier alpha value is -1.26. The van der Waals surface area contributed by atoms with Gasteiger partial charge in [0, 0.05) is 24.6 Å². The second kappa shape index (κ2) is 3.86. The Bertz CT molecular complexity index is 371. The third-order valence-corrected chi connectivity index (χ3v) is 2.66. The van der Waals surface area contributed by atoms with Crippen molar-refractivity contribution >= 4 is 0 Å². The molecule has 1 nitrogen and oxygen atoms in total. The van der Waals surface area contributed by atoms with Gasteiger partial charge in [-0.2, -0.15) is 0 Å². The molecule has 0 aliphatic carbocycles. The molecule has 72 valence electrons. The molecule has 14 heavy (non-hydrogen) atoms. The molecule has 0 spiro atoms. The number of nitrogens with one attached hydrogen (secondary N) is 1. The van der Waals surface area contributed by atoms with Crippen molar-refractivity contribution < 1.29 is 0 Å². The molecular formula is C13H15N. The van der Waals surface area contributed by atoms with Gasteiger partial charge in [-0.25, -0.2) is 0 Å². The van der Waals surface area contributed by atoms with Gasteiger partial charge in [0.05, 0.1) is 0 Å². The van der Waals surface area contributed by atoms with E-state index in [2.05, 4.69) is 49.2 Å². The molecule has 0 bridgehead atoms. The van der Waals surface area contributed by atoms with Crippen molar-refractivity contribution in [1.29, 1.82) is 0 Å². The van der Waals surface area contributed by atoms with Crippen molar-refractivity contribution in [3.8, 4) is 11.8 Å². The highest BCUT2D eigenvalue weighted by molar-refractivity contribution is 5.46. The van der Waals surface area contributed by atoms with Gasteiger partial charge in [0.1, 0.15) is 0 Å². The van der Waals surface area contributed by atoms with E-state index in [-0.39, 0.29) is 0 Å². The lowest BCUT2D eigenvalue weighted by molar-refractivity contribution is 0.432. The second-order valence-electron chi connectivity index (χ2n) is 3.89. The largest absolute Gasteiger partial charge is 0.314 e. The Kier molecular flexibility index (Phi) is 2.56. The van der Waals surface area contributed by atoms with Crippen LogP contribution in [-0.2, 0) is 0 Å². The smallest absolute Gasteiger partial charge is 0.0455 e. The maximum absolute atomic E-state index is 3.30. The fraction of sp³-hybridized carbons (Fsp3) is 0.385. The Labute approximate surface area is 85.5 Å². The Morgan fingerprint density at radius 1 is 1.21 bits per heavy atom. The highest BCUT2D eigenvalue weighted by Crippen LogP contribution is 2.12. The molecule has 1 heterocycles. The number of aryl methyl sites for hydroxylation is 2. The molecule has 0 aromatic heterocycles. The van der Waals surface area contributed by atoms with Crippen LogP contribution in [0.15, 0.2) is 18.2 Å². The van der Waals surface area contributed by atoms with Crippen molar-refractivity contribution in [2.75, 3.05) is 13.1 Å². The number of rotatable bonds is 0. The second-order valence-corrected chi connectivity index (χ2v) is 3.89. The summed E-state index contributed by atoms with van der Waals surface area (Å²) in [5, 5.41) is 3.22. The zero-order chi connectivity index (χ0) is 9.97. The maximum atomic E-state index is 3.30. The van der Waals surface area contributed by atoms with Crippen molar-refractivity contribution in [2.24, 2.45) is 5.92 Å². The molecule has 1 aliphatic rings. The van der Waals surface area contributed by atoms with E-state index in [1.54, 1.807) is 0 Å².